The van der Waals surface area contributed by atoms with Crippen LogP contribution in [0.4, 0.5) is 10.1 Å². The second-order valence-corrected chi connectivity index (χ2v) is 6.98. The number of ketones is 1. The van der Waals surface area contributed by atoms with E-state index in [1.165, 1.54) is 23.3 Å². The van der Waals surface area contributed by atoms with Gasteiger partial charge in [-0.15, -0.1) is 0 Å². The summed E-state index contributed by atoms with van der Waals surface area (Å²) in [6.45, 7) is 1.73. The average Bonchev–Trinajstić information content (AvgIpc) is 3.32. The highest BCUT2D eigenvalue weighted by molar-refractivity contribution is 6.52. The summed E-state index contributed by atoms with van der Waals surface area (Å²) in [6.07, 6.45) is 1.41. The van der Waals surface area contributed by atoms with E-state index in [9.17, 15) is 19.1 Å². The maximum Gasteiger partial charge on any atom is 0.300 e. The third-order valence-electron chi connectivity index (χ3n) is 4.87. The lowest BCUT2D eigenvalue weighted by molar-refractivity contribution is -0.132. The summed E-state index contributed by atoms with van der Waals surface area (Å²) < 4.78 is 18.8. The lowest BCUT2D eigenvalue weighted by Gasteiger charge is -2.25. The van der Waals surface area contributed by atoms with E-state index in [2.05, 4.69) is 0 Å². The van der Waals surface area contributed by atoms with Gasteiger partial charge in [-0.1, -0.05) is 17.7 Å². The topological polar surface area (TPSA) is 70.8 Å². The molecule has 1 aromatic heterocycles. The minimum atomic E-state index is -0.993. The molecule has 1 aliphatic rings. The van der Waals surface area contributed by atoms with Crippen molar-refractivity contribution in [3.63, 3.8) is 0 Å². The number of hydrogen-bond acceptors (Lipinski definition) is 4. The van der Waals surface area contributed by atoms with Gasteiger partial charge in [-0.3, -0.25) is 14.5 Å². The number of hydrogen-bond donors (Lipinski definition) is 1. The average molecular weight is 412 g/mol. The number of anilines is 1. The molecular formula is C22H15ClFNO4. The molecule has 1 unspecified atom stereocenters. The summed E-state index contributed by atoms with van der Waals surface area (Å²) in [5, 5.41) is 11.3. The minimum Gasteiger partial charge on any atom is -0.507 e. The fourth-order valence-electron chi connectivity index (χ4n) is 3.42. The lowest BCUT2D eigenvalue weighted by atomic mass is 9.99. The first-order valence-corrected chi connectivity index (χ1v) is 9.13. The normalized spacial score (nSPS) is 18.4. The van der Waals surface area contributed by atoms with E-state index in [0.29, 0.717) is 22.0 Å². The molecule has 1 atom stereocenters. The summed E-state index contributed by atoms with van der Waals surface area (Å²) >= 11 is 6.22. The van der Waals surface area contributed by atoms with Gasteiger partial charge in [0.15, 0.2) is 0 Å². The highest BCUT2D eigenvalue weighted by atomic mass is 35.5. The molecule has 2 heterocycles. The molecule has 1 fully saturated rings. The summed E-state index contributed by atoms with van der Waals surface area (Å²) in [5.74, 6) is -2.29. The van der Waals surface area contributed by atoms with Crippen LogP contribution >= 0.6 is 11.6 Å². The van der Waals surface area contributed by atoms with Crippen molar-refractivity contribution < 1.29 is 23.5 Å². The number of furan rings is 1. The first-order valence-electron chi connectivity index (χ1n) is 8.75. The molecule has 0 aliphatic carbocycles. The fraction of sp³-hybridized carbons (Fsp3) is 0.0909. The van der Waals surface area contributed by atoms with Crippen LogP contribution in [0.2, 0.25) is 5.02 Å². The summed E-state index contributed by atoms with van der Waals surface area (Å²) in [7, 11) is 0. The fourth-order valence-corrected chi connectivity index (χ4v) is 3.59. The van der Waals surface area contributed by atoms with Crippen LogP contribution in [0.3, 0.4) is 0 Å². The van der Waals surface area contributed by atoms with Crippen LogP contribution in [0.1, 0.15) is 22.9 Å². The molecule has 4 rings (SSSR count). The highest BCUT2D eigenvalue weighted by Gasteiger charge is 2.48. The summed E-state index contributed by atoms with van der Waals surface area (Å²) in [4.78, 5) is 27.1. The van der Waals surface area contributed by atoms with Gasteiger partial charge >= 0.3 is 0 Å². The molecule has 2 aromatic carbocycles. The van der Waals surface area contributed by atoms with Crippen molar-refractivity contribution in [2.75, 3.05) is 4.90 Å². The second kappa shape index (κ2) is 7.22. The van der Waals surface area contributed by atoms with Crippen LogP contribution in [0.25, 0.3) is 5.76 Å². The van der Waals surface area contributed by atoms with E-state index < -0.39 is 29.3 Å². The van der Waals surface area contributed by atoms with Crippen LogP contribution in [0.15, 0.2) is 70.9 Å². The van der Waals surface area contributed by atoms with Gasteiger partial charge in [0.05, 0.1) is 11.8 Å². The number of halogens is 2. The van der Waals surface area contributed by atoms with Gasteiger partial charge in [-0.25, -0.2) is 4.39 Å². The van der Waals surface area contributed by atoms with Crippen molar-refractivity contribution in [3.05, 3.63) is 94.2 Å². The molecule has 0 radical (unpaired) electrons. The number of aliphatic hydroxyl groups is 1. The van der Waals surface area contributed by atoms with Crippen molar-refractivity contribution in [2.45, 2.75) is 13.0 Å². The van der Waals surface area contributed by atoms with Gasteiger partial charge in [0.1, 0.15) is 23.4 Å². The Balaban J connectivity index is 1.95. The monoisotopic (exact) mass is 411 g/mol. The third-order valence-corrected chi connectivity index (χ3v) is 5.28. The molecule has 0 bridgehead atoms. The van der Waals surface area contributed by atoms with Crippen molar-refractivity contribution in [2.24, 2.45) is 0 Å². The Morgan fingerprint density at radius 1 is 1.10 bits per heavy atom. The number of Topliss-reactive ketones (excluding diaryl/α,β-unsaturated/α-hetero) is 1. The van der Waals surface area contributed by atoms with Gasteiger partial charge in [0.25, 0.3) is 11.7 Å². The molecule has 7 heteroatoms. The first-order chi connectivity index (χ1) is 13.9. The van der Waals surface area contributed by atoms with Crippen LogP contribution in [0.5, 0.6) is 0 Å². The quantitative estimate of drug-likeness (QED) is 0.374. The second-order valence-electron chi connectivity index (χ2n) is 6.58. The molecule has 0 spiro atoms. The molecule has 5 nitrogen and oxygen atoms in total. The lowest BCUT2D eigenvalue weighted by Crippen LogP contribution is -2.30. The zero-order valence-corrected chi connectivity index (χ0v) is 16.0. The minimum absolute atomic E-state index is 0.143. The molecule has 1 saturated heterocycles. The highest BCUT2D eigenvalue weighted by Crippen LogP contribution is 2.44. The van der Waals surface area contributed by atoms with Gasteiger partial charge in [0, 0.05) is 16.3 Å². The maximum absolute atomic E-state index is 13.3. The van der Waals surface area contributed by atoms with Crippen molar-refractivity contribution in [3.8, 4) is 0 Å². The SMILES string of the molecule is Cc1c(Cl)cccc1N1C(=O)C(=O)/C(=C(\O)c2ccc(F)cc2)C1c1ccco1. The zero-order valence-electron chi connectivity index (χ0n) is 15.2. The number of aliphatic hydroxyl groups excluding tert-OH is 1. The Labute approximate surface area is 170 Å². The molecule has 146 valence electrons. The van der Waals surface area contributed by atoms with Gasteiger partial charge in [0.2, 0.25) is 0 Å². The Morgan fingerprint density at radius 2 is 1.83 bits per heavy atom. The van der Waals surface area contributed by atoms with E-state index >= 15 is 0 Å². The third kappa shape index (κ3) is 3.11. The molecular weight excluding hydrogens is 397 g/mol. The van der Waals surface area contributed by atoms with E-state index in [1.807, 2.05) is 0 Å². The first kappa shape index (κ1) is 19.0. The standard InChI is InChI=1S/C22H15ClFNO4/c1-12-15(23)4-2-5-16(12)25-19(17-6-3-11-29-17)18(21(27)22(25)28)20(26)13-7-9-14(24)10-8-13/h2-11,19,26H,1H3/b20-18-. The molecule has 1 N–H and O–H groups in total. The van der Waals surface area contributed by atoms with Gasteiger partial charge < -0.3 is 9.52 Å². The van der Waals surface area contributed by atoms with Crippen LogP contribution in [0, 0.1) is 12.7 Å². The van der Waals surface area contributed by atoms with Crippen molar-refractivity contribution in [1.29, 1.82) is 0 Å². The smallest absolute Gasteiger partial charge is 0.300 e. The van der Waals surface area contributed by atoms with Gasteiger partial charge in [-0.2, -0.15) is 0 Å². The Bertz CT molecular complexity index is 1140. The zero-order chi connectivity index (χ0) is 20.7. The maximum atomic E-state index is 13.3. The van der Waals surface area contributed by atoms with Crippen LogP contribution in [-0.4, -0.2) is 16.8 Å². The molecule has 29 heavy (non-hydrogen) atoms. The summed E-state index contributed by atoms with van der Waals surface area (Å²) in [6, 6.07) is 12.2. The predicted molar refractivity (Wildman–Crippen MR) is 106 cm³/mol. The van der Waals surface area contributed by atoms with E-state index in [-0.39, 0.29) is 11.1 Å². The Hall–Kier alpha value is -3.38. The van der Waals surface area contributed by atoms with Crippen LogP contribution < -0.4 is 4.90 Å². The van der Waals surface area contributed by atoms with E-state index in [1.54, 1.807) is 37.3 Å². The Kier molecular flexibility index (Phi) is 4.72. The predicted octanol–water partition coefficient (Wildman–Crippen LogP) is 5.01. The number of benzene rings is 2. The number of amides is 1. The number of carbonyl (C=O) groups is 2. The van der Waals surface area contributed by atoms with Crippen molar-refractivity contribution in [1.82, 2.24) is 0 Å². The number of nitrogens with zero attached hydrogens (tertiary/aromatic N) is 1. The molecule has 1 aliphatic heterocycles. The van der Waals surface area contributed by atoms with Gasteiger partial charge in [-0.05, 0) is 61.0 Å². The number of rotatable bonds is 3. The largest absolute Gasteiger partial charge is 0.507 e. The Morgan fingerprint density at radius 3 is 2.48 bits per heavy atom. The number of carbonyl (C=O) groups excluding carboxylic acids is 2. The van der Waals surface area contributed by atoms with E-state index in [4.69, 9.17) is 16.0 Å². The molecule has 0 saturated carbocycles. The summed E-state index contributed by atoms with van der Waals surface area (Å²) in [5.41, 5.74) is 1.10. The molecule has 3 aromatic rings. The van der Waals surface area contributed by atoms with Crippen molar-refractivity contribution >= 4 is 34.7 Å². The van der Waals surface area contributed by atoms with E-state index in [0.717, 1.165) is 12.1 Å². The molecule has 1 amide bonds. The van der Waals surface area contributed by atoms with Crippen LogP contribution in [-0.2, 0) is 9.59 Å².